The summed E-state index contributed by atoms with van der Waals surface area (Å²) in [5.41, 5.74) is 9.13. The number of nitrogens with zero attached hydrogens (tertiary/aromatic N) is 4. The third kappa shape index (κ3) is 13.0. The van der Waals surface area contributed by atoms with Crippen molar-refractivity contribution in [2.75, 3.05) is 6.54 Å². The van der Waals surface area contributed by atoms with Gasteiger partial charge in [0.05, 0.1) is 17.2 Å². The fraction of sp³-hybridized carbons (Fsp3) is 0.308. The fourth-order valence-corrected chi connectivity index (χ4v) is 7.10. The van der Waals surface area contributed by atoms with E-state index in [-0.39, 0.29) is 17.8 Å². The molecule has 0 aromatic heterocycles. The highest BCUT2D eigenvalue weighted by molar-refractivity contribution is 5.77. The van der Waals surface area contributed by atoms with Crippen LogP contribution in [0.3, 0.4) is 0 Å². The molecule has 0 saturated heterocycles. The highest BCUT2D eigenvalue weighted by Gasteiger charge is 2.90. The quantitative estimate of drug-likeness (QED) is 0.0228. The standard InChI is InChI=1S/C52H47F13N4O2/c1-4-31-68(34-40-15-13-39(14-16-40)29-30-47(53,54)48(55,56)49(57,58)50(59,60)51(61,62)52(63,64)65)67-66-45-25-19-37(20-26-45)12-9-35-7-10-36(11-8-35)17-23-43-32-42(6-3)44(33-41(43)5-2)24-18-38-21-27-46(28-22-38)69(70)71/h7-28,32-33H,4-6,29-31,34H2,1-3H3/b12-9+,23-17+,24-18+,67-66?. The maximum Gasteiger partial charge on any atom is 0.460 e. The lowest BCUT2D eigenvalue weighted by atomic mass is 9.91. The van der Waals surface area contributed by atoms with Gasteiger partial charge in [-0.15, -0.1) is 5.11 Å². The maximum absolute atomic E-state index is 14.3. The summed E-state index contributed by atoms with van der Waals surface area (Å²) in [5.74, 6) is -37.0. The molecule has 5 aromatic rings. The van der Waals surface area contributed by atoms with Crippen molar-refractivity contribution < 1.29 is 62.0 Å². The number of non-ortho nitro benzene ring substituents is 1. The SMILES string of the molecule is CCCN(Cc1ccc(CCC(F)(F)C(F)(F)C(F)(F)C(F)(F)C(F)(F)C(F)(F)F)cc1)N=Nc1ccc(/C=C/c2ccc(/C=C/c3cc(CC)c(/C=C/c4ccc([N+](=O)[O-])cc4)cc3CC)cc2)cc1. The highest BCUT2D eigenvalue weighted by atomic mass is 19.4. The lowest BCUT2D eigenvalue weighted by molar-refractivity contribution is -0.440. The summed E-state index contributed by atoms with van der Waals surface area (Å²) in [7, 11) is 0. The first kappa shape index (κ1) is 55.1. The zero-order chi connectivity index (χ0) is 52.4. The van der Waals surface area contributed by atoms with Gasteiger partial charge in [0.1, 0.15) is 0 Å². The number of alkyl halides is 13. The van der Waals surface area contributed by atoms with Crippen molar-refractivity contribution >= 4 is 47.8 Å². The van der Waals surface area contributed by atoms with Crippen molar-refractivity contribution in [1.82, 2.24) is 5.01 Å². The van der Waals surface area contributed by atoms with Gasteiger partial charge in [-0.25, -0.2) is 0 Å². The molecule has 0 radical (unpaired) electrons. The Morgan fingerprint density at radius 2 is 0.944 bits per heavy atom. The van der Waals surface area contributed by atoms with Gasteiger partial charge < -0.3 is 0 Å². The number of halogens is 13. The molecule has 0 saturated carbocycles. The van der Waals surface area contributed by atoms with Crippen LogP contribution in [0.5, 0.6) is 0 Å². The van der Waals surface area contributed by atoms with Crippen molar-refractivity contribution in [3.05, 3.63) is 175 Å². The number of hydrogen-bond donors (Lipinski definition) is 0. The van der Waals surface area contributed by atoms with Gasteiger partial charge in [-0.3, -0.25) is 15.1 Å². The van der Waals surface area contributed by atoms with Gasteiger partial charge >= 0.3 is 35.8 Å². The Morgan fingerprint density at radius 1 is 0.535 bits per heavy atom. The van der Waals surface area contributed by atoms with E-state index in [9.17, 15) is 67.2 Å². The minimum atomic E-state index is -7.93. The smallest absolute Gasteiger partial charge is 0.274 e. The Morgan fingerprint density at radius 3 is 1.37 bits per heavy atom. The van der Waals surface area contributed by atoms with Crippen LogP contribution < -0.4 is 0 Å². The molecule has 0 amide bonds. The van der Waals surface area contributed by atoms with Crippen LogP contribution >= 0.6 is 0 Å². The minimum absolute atomic E-state index is 0.0404. The Kier molecular flexibility index (Phi) is 17.5. The second-order valence-electron chi connectivity index (χ2n) is 16.5. The van der Waals surface area contributed by atoms with E-state index in [4.69, 9.17) is 0 Å². The first-order valence-electron chi connectivity index (χ1n) is 22.1. The number of rotatable bonds is 22. The normalized spacial score (nSPS) is 13.4. The van der Waals surface area contributed by atoms with Crippen LogP contribution in [0, 0.1) is 10.1 Å². The van der Waals surface area contributed by atoms with Crippen molar-refractivity contribution in [3.8, 4) is 0 Å². The van der Waals surface area contributed by atoms with E-state index >= 15 is 0 Å². The van der Waals surface area contributed by atoms with Gasteiger partial charge in [0.15, 0.2) is 0 Å². The predicted octanol–water partition coefficient (Wildman–Crippen LogP) is 16.8. The van der Waals surface area contributed by atoms with E-state index in [1.165, 1.54) is 35.4 Å². The molecule has 0 bridgehead atoms. The first-order valence-corrected chi connectivity index (χ1v) is 22.1. The van der Waals surface area contributed by atoms with Gasteiger partial charge in [-0.2, -0.15) is 57.1 Å². The maximum atomic E-state index is 14.3. The third-order valence-electron chi connectivity index (χ3n) is 11.4. The summed E-state index contributed by atoms with van der Waals surface area (Å²) in [6.07, 6.45) is 3.36. The van der Waals surface area contributed by atoms with E-state index in [0.29, 0.717) is 24.2 Å². The molecule has 71 heavy (non-hydrogen) atoms. The van der Waals surface area contributed by atoms with E-state index in [1.54, 1.807) is 29.3 Å². The summed E-state index contributed by atoms with van der Waals surface area (Å²) in [6.45, 7) is 6.55. The molecule has 6 nitrogen and oxygen atoms in total. The van der Waals surface area contributed by atoms with Crippen molar-refractivity contribution in [3.63, 3.8) is 0 Å². The molecule has 0 fully saturated rings. The molecule has 0 heterocycles. The van der Waals surface area contributed by atoms with E-state index < -0.39 is 53.6 Å². The lowest BCUT2D eigenvalue weighted by Crippen LogP contribution is -2.70. The molecular formula is C52H47F13N4O2. The van der Waals surface area contributed by atoms with Gasteiger partial charge in [-0.05, 0) is 106 Å². The van der Waals surface area contributed by atoms with Crippen LogP contribution in [0.1, 0.15) is 89.2 Å². The third-order valence-corrected chi connectivity index (χ3v) is 11.4. The average Bonchev–Trinajstić information content (AvgIpc) is 3.33. The molecule has 19 heteroatoms. The van der Waals surface area contributed by atoms with E-state index in [0.717, 1.165) is 58.4 Å². The fourth-order valence-electron chi connectivity index (χ4n) is 7.10. The number of nitro benzene ring substituents is 1. The Hall–Kier alpha value is -6.79. The Bertz CT molecular complexity index is 2700. The molecule has 0 aliphatic heterocycles. The number of hydrogen-bond acceptors (Lipinski definition) is 4. The van der Waals surface area contributed by atoms with Gasteiger partial charge in [0.25, 0.3) is 5.69 Å². The van der Waals surface area contributed by atoms with Crippen LogP contribution in [0.2, 0.25) is 0 Å². The second-order valence-corrected chi connectivity index (χ2v) is 16.5. The Labute approximate surface area is 401 Å². The molecule has 5 rings (SSSR count). The van der Waals surface area contributed by atoms with Gasteiger partial charge in [0, 0.05) is 25.1 Å². The second kappa shape index (κ2) is 22.5. The van der Waals surface area contributed by atoms with E-state index in [2.05, 4.69) is 48.5 Å². The Balaban J connectivity index is 1.15. The van der Waals surface area contributed by atoms with Crippen molar-refractivity contribution in [2.45, 2.75) is 95.2 Å². The summed E-state index contributed by atoms with van der Waals surface area (Å²) >= 11 is 0. The van der Waals surface area contributed by atoms with Crippen LogP contribution in [0.4, 0.5) is 68.5 Å². The first-order chi connectivity index (χ1) is 33.3. The predicted molar refractivity (Wildman–Crippen MR) is 249 cm³/mol. The molecule has 0 spiro atoms. The van der Waals surface area contributed by atoms with Crippen molar-refractivity contribution in [1.29, 1.82) is 0 Å². The number of nitro groups is 1. The van der Waals surface area contributed by atoms with Crippen molar-refractivity contribution in [2.24, 2.45) is 10.3 Å². The van der Waals surface area contributed by atoms with Crippen LogP contribution in [-0.4, -0.2) is 52.3 Å². The minimum Gasteiger partial charge on any atom is -0.274 e. The average molecular weight is 1010 g/mol. The molecule has 378 valence electrons. The molecule has 0 unspecified atom stereocenters. The summed E-state index contributed by atoms with van der Waals surface area (Å²) in [6, 6.07) is 30.9. The highest BCUT2D eigenvalue weighted by Crippen LogP contribution is 2.60. The molecular weight excluding hydrogens is 960 g/mol. The monoisotopic (exact) mass is 1010 g/mol. The topological polar surface area (TPSA) is 71.1 Å². The summed E-state index contributed by atoms with van der Waals surface area (Å²) < 4.78 is 175. The zero-order valence-corrected chi connectivity index (χ0v) is 38.3. The molecule has 0 aliphatic carbocycles. The molecule has 0 atom stereocenters. The van der Waals surface area contributed by atoms with Crippen LogP contribution in [-0.2, 0) is 25.8 Å². The van der Waals surface area contributed by atoms with Gasteiger partial charge in [0.2, 0.25) is 0 Å². The molecule has 0 N–H and O–H groups in total. The van der Waals surface area contributed by atoms with Crippen LogP contribution in [0.25, 0.3) is 36.5 Å². The largest absolute Gasteiger partial charge is 0.460 e. The van der Waals surface area contributed by atoms with E-state index in [1.807, 2.05) is 67.6 Å². The summed E-state index contributed by atoms with van der Waals surface area (Å²) in [4.78, 5) is 10.6. The number of aryl methyl sites for hydroxylation is 3. The van der Waals surface area contributed by atoms with Gasteiger partial charge in [-0.1, -0.05) is 135 Å². The molecule has 0 aliphatic rings. The summed E-state index contributed by atoms with van der Waals surface area (Å²) in [5, 5.41) is 21.1. The molecule has 5 aromatic carbocycles. The lowest BCUT2D eigenvalue weighted by Gasteiger charge is -2.39. The number of benzene rings is 5. The van der Waals surface area contributed by atoms with Crippen LogP contribution in [0.15, 0.2) is 120 Å². The zero-order valence-electron chi connectivity index (χ0n) is 38.3.